The summed E-state index contributed by atoms with van der Waals surface area (Å²) in [5.41, 5.74) is 11.1. The summed E-state index contributed by atoms with van der Waals surface area (Å²) in [5.74, 6) is 0. The van der Waals surface area contributed by atoms with E-state index in [-0.39, 0.29) is 0 Å². The fraction of sp³-hybridized carbons (Fsp3) is 0.118. The minimum absolute atomic E-state index is 1.07. The van der Waals surface area contributed by atoms with Gasteiger partial charge in [-0.1, -0.05) is 127 Å². The van der Waals surface area contributed by atoms with Crippen molar-refractivity contribution in [2.75, 3.05) is 0 Å². The van der Waals surface area contributed by atoms with Gasteiger partial charge in [0.2, 0.25) is 0 Å². The lowest BCUT2D eigenvalue weighted by molar-refractivity contribution is 1.14. The molecule has 0 aliphatic heterocycles. The molecule has 0 spiro atoms. The molecule has 0 heterocycles. The Morgan fingerprint density at radius 2 is 0.706 bits per heavy atom. The number of hydrogen-bond acceptors (Lipinski definition) is 0. The molecular formula is C34H32. The predicted octanol–water partition coefficient (Wildman–Crippen LogP) is 9.38. The number of hydrogen-bond donors (Lipinski definition) is 0. The lowest BCUT2D eigenvalue weighted by Gasteiger charge is -2.04. The molecule has 0 heteroatoms. The maximum atomic E-state index is 2.24. The second-order valence-corrected chi connectivity index (χ2v) is 8.85. The van der Waals surface area contributed by atoms with Crippen LogP contribution >= 0.6 is 0 Å². The van der Waals surface area contributed by atoms with E-state index in [2.05, 4.69) is 148 Å². The van der Waals surface area contributed by atoms with Gasteiger partial charge in [-0.05, 0) is 77.4 Å². The van der Waals surface area contributed by atoms with Crippen molar-refractivity contribution < 1.29 is 0 Å². The van der Waals surface area contributed by atoms with E-state index >= 15 is 0 Å². The van der Waals surface area contributed by atoms with E-state index in [1.165, 1.54) is 50.1 Å². The minimum Gasteiger partial charge on any atom is -0.0613 e. The zero-order chi connectivity index (χ0) is 23.8. The highest BCUT2D eigenvalue weighted by molar-refractivity contribution is 5.78. The Kier molecular flexibility index (Phi) is 7.73. The zero-order valence-corrected chi connectivity index (χ0v) is 20.3. The third-order valence-electron chi connectivity index (χ3n) is 5.95. The Morgan fingerprint density at radius 3 is 1.03 bits per heavy atom. The summed E-state index contributed by atoms with van der Waals surface area (Å²) in [6.07, 6.45) is 14.2. The van der Waals surface area contributed by atoms with Gasteiger partial charge in [0.15, 0.2) is 0 Å². The molecule has 0 aliphatic rings. The molecule has 0 unspecified atom stereocenters. The average Bonchev–Trinajstić information content (AvgIpc) is 2.87. The zero-order valence-electron chi connectivity index (χ0n) is 20.3. The van der Waals surface area contributed by atoms with Gasteiger partial charge in [-0.25, -0.2) is 0 Å². The van der Waals surface area contributed by atoms with Crippen LogP contribution in [-0.4, -0.2) is 0 Å². The van der Waals surface area contributed by atoms with Crippen LogP contribution in [0.2, 0.25) is 0 Å². The van der Waals surface area contributed by atoms with Crippen molar-refractivity contribution in [2.45, 2.75) is 27.2 Å². The van der Waals surface area contributed by atoms with Gasteiger partial charge in [0, 0.05) is 0 Å². The SMILES string of the molecule is CCc1ccc(/C=C/c2cc(/C=C/c3ccc(C)cc3)cc(/C=C/c3ccc(C)cc3)c2)cc1. The van der Waals surface area contributed by atoms with E-state index in [9.17, 15) is 0 Å². The highest BCUT2D eigenvalue weighted by atomic mass is 14.0. The standard InChI is InChI=1S/C34H32/c1-4-28-13-15-31(16-14-28)19-22-34-24-32(20-17-29-9-5-26(2)6-10-29)23-33(25-34)21-18-30-11-7-27(3)8-12-30/h5-25H,4H2,1-3H3/b20-17+,21-18+,22-19+. The summed E-state index contributed by atoms with van der Waals surface area (Å²) < 4.78 is 0. The van der Waals surface area contributed by atoms with Crippen LogP contribution in [0.4, 0.5) is 0 Å². The van der Waals surface area contributed by atoms with Gasteiger partial charge in [0.1, 0.15) is 0 Å². The summed E-state index contributed by atoms with van der Waals surface area (Å²) in [6, 6.07) is 32.8. The van der Waals surface area contributed by atoms with Crippen molar-refractivity contribution in [3.8, 4) is 0 Å². The molecule has 0 N–H and O–H groups in total. The molecule has 0 bridgehead atoms. The highest BCUT2D eigenvalue weighted by Crippen LogP contribution is 2.19. The Hall–Kier alpha value is -3.90. The molecule has 168 valence electrons. The number of rotatable bonds is 7. The predicted molar refractivity (Wildman–Crippen MR) is 151 cm³/mol. The van der Waals surface area contributed by atoms with Crippen molar-refractivity contribution in [3.05, 3.63) is 141 Å². The first-order chi connectivity index (χ1) is 16.6. The summed E-state index contributed by atoms with van der Waals surface area (Å²) >= 11 is 0. The number of aryl methyl sites for hydroxylation is 3. The first-order valence-electron chi connectivity index (χ1n) is 12.0. The average molecular weight is 441 g/mol. The Labute approximate surface area is 204 Å². The van der Waals surface area contributed by atoms with E-state index in [4.69, 9.17) is 0 Å². The molecule has 0 nitrogen and oxygen atoms in total. The fourth-order valence-electron chi connectivity index (χ4n) is 3.79. The van der Waals surface area contributed by atoms with Crippen LogP contribution in [0.1, 0.15) is 57.0 Å². The minimum atomic E-state index is 1.07. The normalized spacial score (nSPS) is 11.7. The molecule has 0 atom stereocenters. The van der Waals surface area contributed by atoms with Crippen LogP contribution < -0.4 is 0 Å². The quantitative estimate of drug-likeness (QED) is 0.251. The van der Waals surface area contributed by atoms with Crippen LogP contribution in [-0.2, 0) is 6.42 Å². The van der Waals surface area contributed by atoms with Gasteiger partial charge in [0.25, 0.3) is 0 Å². The van der Waals surface area contributed by atoms with Gasteiger partial charge < -0.3 is 0 Å². The van der Waals surface area contributed by atoms with Gasteiger partial charge in [-0.15, -0.1) is 0 Å². The smallest absolute Gasteiger partial charge is 0.0245 e. The summed E-state index contributed by atoms with van der Waals surface area (Å²) in [6.45, 7) is 6.42. The van der Waals surface area contributed by atoms with Gasteiger partial charge in [-0.3, -0.25) is 0 Å². The number of benzene rings is 4. The molecule has 0 aliphatic carbocycles. The summed E-state index contributed by atoms with van der Waals surface area (Å²) in [4.78, 5) is 0. The molecule has 34 heavy (non-hydrogen) atoms. The molecule has 0 radical (unpaired) electrons. The van der Waals surface area contributed by atoms with Crippen LogP contribution in [0.25, 0.3) is 36.5 Å². The van der Waals surface area contributed by atoms with Crippen molar-refractivity contribution in [3.63, 3.8) is 0 Å². The van der Waals surface area contributed by atoms with Crippen molar-refractivity contribution in [1.82, 2.24) is 0 Å². The van der Waals surface area contributed by atoms with Crippen molar-refractivity contribution in [2.24, 2.45) is 0 Å². The first-order valence-corrected chi connectivity index (χ1v) is 12.0. The van der Waals surface area contributed by atoms with E-state index in [1.54, 1.807) is 0 Å². The largest absolute Gasteiger partial charge is 0.0613 e. The van der Waals surface area contributed by atoms with Gasteiger partial charge >= 0.3 is 0 Å². The summed E-state index contributed by atoms with van der Waals surface area (Å²) in [7, 11) is 0. The van der Waals surface area contributed by atoms with E-state index in [1.807, 2.05) is 0 Å². The molecule has 0 amide bonds. The van der Waals surface area contributed by atoms with Crippen molar-refractivity contribution in [1.29, 1.82) is 0 Å². The lowest BCUT2D eigenvalue weighted by atomic mass is 10.0. The monoisotopic (exact) mass is 440 g/mol. The fourth-order valence-corrected chi connectivity index (χ4v) is 3.79. The van der Waals surface area contributed by atoms with E-state index in [0.717, 1.165) is 6.42 Å². The molecule has 4 rings (SSSR count). The Bertz CT molecular complexity index is 1220. The van der Waals surface area contributed by atoms with Crippen LogP contribution in [0.5, 0.6) is 0 Å². The van der Waals surface area contributed by atoms with Crippen LogP contribution in [0.15, 0.2) is 91.0 Å². The first kappa shape index (κ1) is 23.3. The van der Waals surface area contributed by atoms with E-state index in [0.29, 0.717) is 0 Å². The molecule has 0 fully saturated rings. The molecule has 4 aromatic rings. The third-order valence-corrected chi connectivity index (χ3v) is 5.95. The molecular weight excluding hydrogens is 408 g/mol. The lowest BCUT2D eigenvalue weighted by Crippen LogP contribution is -1.83. The van der Waals surface area contributed by atoms with Gasteiger partial charge in [0.05, 0.1) is 0 Å². The Balaban J connectivity index is 1.63. The topological polar surface area (TPSA) is 0 Å². The van der Waals surface area contributed by atoms with E-state index < -0.39 is 0 Å². The third kappa shape index (κ3) is 6.80. The maximum absolute atomic E-state index is 2.24. The maximum Gasteiger partial charge on any atom is -0.0245 e. The van der Waals surface area contributed by atoms with Crippen LogP contribution in [0.3, 0.4) is 0 Å². The van der Waals surface area contributed by atoms with Crippen molar-refractivity contribution >= 4 is 36.5 Å². The molecule has 4 aromatic carbocycles. The summed E-state index contributed by atoms with van der Waals surface area (Å²) in [5, 5.41) is 0. The highest BCUT2D eigenvalue weighted by Gasteiger charge is 1.98. The second-order valence-electron chi connectivity index (χ2n) is 8.85. The van der Waals surface area contributed by atoms with Gasteiger partial charge in [-0.2, -0.15) is 0 Å². The van der Waals surface area contributed by atoms with Crippen LogP contribution in [0, 0.1) is 13.8 Å². The molecule has 0 saturated heterocycles. The molecule has 0 aromatic heterocycles. The molecule has 0 saturated carbocycles. The second kappa shape index (κ2) is 11.3. The Morgan fingerprint density at radius 1 is 0.412 bits per heavy atom.